The van der Waals surface area contributed by atoms with E-state index in [1.807, 2.05) is 25.2 Å². The van der Waals surface area contributed by atoms with Gasteiger partial charge in [-0.05, 0) is 44.2 Å². The van der Waals surface area contributed by atoms with Crippen LogP contribution in [-0.2, 0) is 16.4 Å². The van der Waals surface area contributed by atoms with E-state index in [1.165, 1.54) is 6.20 Å². The van der Waals surface area contributed by atoms with Gasteiger partial charge in [-0.2, -0.15) is 0 Å². The molecule has 10 heteroatoms. The monoisotopic (exact) mass is 473 g/mol. The SMILES string of the molecule is [B]c1cc(CNC)ccc1-c1cc(-c2nc(-c3ccc(S(=O)(=O)C(C)C)cc3)cnc2N)on1. The first-order valence-corrected chi connectivity index (χ1v) is 12.2. The third-order valence-corrected chi connectivity index (χ3v) is 7.59. The average molecular weight is 473 g/mol. The van der Waals surface area contributed by atoms with Crippen LogP contribution in [0.1, 0.15) is 19.4 Å². The molecule has 2 aromatic heterocycles. The molecule has 4 rings (SSSR count). The van der Waals surface area contributed by atoms with Crippen molar-refractivity contribution in [1.29, 1.82) is 0 Å². The molecule has 0 unspecified atom stereocenters. The minimum atomic E-state index is -3.36. The van der Waals surface area contributed by atoms with Gasteiger partial charge in [0.05, 0.1) is 22.0 Å². The number of nitrogens with zero attached hydrogens (tertiary/aromatic N) is 3. The average Bonchev–Trinajstić information content (AvgIpc) is 3.29. The molecule has 0 amide bonds. The Morgan fingerprint density at radius 1 is 1.09 bits per heavy atom. The van der Waals surface area contributed by atoms with Gasteiger partial charge >= 0.3 is 0 Å². The van der Waals surface area contributed by atoms with Gasteiger partial charge in [-0.1, -0.05) is 41.0 Å². The predicted molar refractivity (Wildman–Crippen MR) is 133 cm³/mol. The number of sulfone groups is 1. The molecule has 0 atom stereocenters. The number of rotatable bonds is 7. The zero-order valence-corrected chi connectivity index (χ0v) is 19.9. The highest BCUT2D eigenvalue weighted by molar-refractivity contribution is 7.92. The molecule has 0 aliphatic heterocycles. The number of aromatic nitrogens is 3. The zero-order chi connectivity index (χ0) is 24.5. The van der Waals surface area contributed by atoms with Crippen molar-refractivity contribution in [2.75, 3.05) is 12.8 Å². The second-order valence-corrected chi connectivity index (χ2v) is 10.6. The maximum absolute atomic E-state index is 12.4. The first-order chi connectivity index (χ1) is 16.2. The van der Waals surface area contributed by atoms with Gasteiger partial charge in [0.1, 0.15) is 13.5 Å². The summed E-state index contributed by atoms with van der Waals surface area (Å²) in [5.74, 6) is 0.530. The molecule has 2 radical (unpaired) electrons. The van der Waals surface area contributed by atoms with Crippen molar-refractivity contribution in [3.8, 4) is 34.0 Å². The van der Waals surface area contributed by atoms with Gasteiger partial charge in [-0.25, -0.2) is 18.4 Å². The Bertz CT molecular complexity index is 1430. The van der Waals surface area contributed by atoms with E-state index >= 15 is 0 Å². The van der Waals surface area contributed by atoms with Gasteiger partial charge in [0, 0.05) is 18.2 Å². The van der Waals surface area contributed by atoms with Crippen molar-refractivity contribution < 1.29 is 12.9 Å². The fourth-order valence-corrected chi connectivity index (χ4v) is 4.54. The Morgan fingerprint density at radius 2 is 1.82 bits per heavy atom. The molecular weight excluding hydrogens is 449 g/mol. The highest BCUT2D eigenvalue weighted by atomic mass is 32.2. The quantitative estimate of drug-likeness (QED) is 0.393. The second kappa shape index (κ2) is 9.40. The number of hydrogen-bond donors (Lipinski definition) is 2. The molecule has 0 saturated heterocycles. The van der Waals surface area contributed by atoms with Gasteiger partial charge in [0.25, 0.3) is 0 Å². The fourth-order valence-electron chi connectivity index (χ4n) is 3.48. The largest absolute Gasteiger partial charge is 0.382 e. The summed E-state index contributed by atoms with van der Waals surface area (Å²) < 4.78 is 30.3. The summed E-state index contributed by atoms with van der Waals surface area (Å²) >= 11 is 0. The predicted octanol–water partition coefficient (Wildman–Crippen LogP) is 2.74. The van der Waals surface area contributed by atoms with Crippen LogP contribution in [0.15, 0.2) is 64.1 Å². The summed E-state index contributed by atoms with van der Waals surface area (Å²) in [5, 5.41) is 6.72. The Kier molecular flexibility index (Phi) is 6.54. The molecular formula is C24H24BN5O3S. The number of nitrogens with two attached hydrogens (primary N) is 1. The minimum absolute atomic E-state index is 0.183. The second-order valence-electron chi connectivity index (χ2n) is 8.14. The van der Waals surface area contributed by atoms with Crippen molar-refractivity contribution >= 4 is 29.0 Å². The molecule has 8 nitrogen and oxygen atoms in total. The molecule has 0 bridgehead atoms. The Morgan fingerprint density at radius 3 is 2.47 bits per heavy atom. The van der Waals surface area contributed by atoms with E-state index < -0.39 is 15.1 Å². The number of nitrogens with one attached hydrogen (secondary N) is 1. The molecule has 0 aliphatic carbocycles. The van der Waals surface area contributed by atoms with Crippen molar-refractivity contribution in [3.05, 3.63) is 60.3 Å². The number of nitrogen functional groups attached to an aromatic ring is 1. The van der Waals surface area contributed by atoms with E-state index in [9.17, 15) is 8.42 Å². The van der Waals surface area contributed by atoms with Crippen LogP contribution in [0.5, 0.6) is 0 Å². The Labute approximate surface area is 199 Å². The van der Waals surface area contributed by atoms with Crippen LogP contribution in [0, 0.1) is 0 Å². The van der Waals surface area contributed by atoms with E-state index in [4.69, 9.17) is 18.1 Å². The van der Waals surface area contributed by atoms with E-state index in [0.717, 1.165) is 11.1 Å². The molecule has 0 fully saturated rings. The zero-order valence-electron chi connectivity index (χ0n) is 19.1. The van der Waals surface area contributed by atoms with Gasteiger partial charge in [0.15, 0.2) is 27.1 Å². The Balaban J connectivity index is 1.66. The third kappa shape index (κ3) is 4.60. The van der Waals surface area contributed by atoms with Crippen LogP contribution in [0.3, 0.4) is 0 Å². The first kappa shape index (κ1) is 23.7. The molecule has 4 aromatic rings. The first-order valence-electron chi connectivity index (χ1n) is 10.7. The van der Waals surface area contributed by atoms with Crippen LogP contribution in [0.4, 0.5) is 5.82 Å². The van der Waals surface area contributed by atoms with E-state index in [0.29, 0.717) is 40.4 Å². The maximum Gasteiger partial charge on any atom is 0.189 e. The molecule has 2 aromatic carbocycles. The fraction of sp³-hybridized carbons (Fsp3) is 0.208. The smallest absolute Gasteiger partial charge is 0.189 e. The topological polar surface area (TPSA) is 124 Å². The van der Waals surface area contributed by atoms with Crippen molar-refractivity contribution in [1.82, 2.24) is 20.4 Å². The van der Waals surface area contributed by atoms with Crippen LogP contribution >= 0.6 is 0 Å². The molecule has 172 valence electrons. The normalized spacial score (nSPS) is 11.8. The highest BCUT2D eigenvalue weighted by Gasteiger charge is 2.20. The van der Waals surface area contributed by atoms with Crippen LogP contribution in [0.25, 0.3) is 34.0 Å². The lowest BCUT2D eigenvalue weighted by atomic mass is 9.87. The standard InChI is InChI=1S/C24H24BN5O3S/c1-14(2)34(31,32)17-7-5-16(6-8-17)21-13-28-24(26)23(29-21)22-11-20(30-33-22)18-9-4-15(12-27-3)10-19(18)25/h4-11,13-14,27H,12H2,1-3H3,(H2,26,28). The summed E-state index contributed by atoms with van der Waals surface area (Å²) in [6, 6.07) is 14.0. The Hall–Kier alpha value is -3.50. The molecule has 0 aliphatic rings. The van der Waals surface area contributed by atoms with Gasteiger partial charge in [0.2, 0.25) is 0 Å². The van der Waals surface area contributed by atoms with E-state index in [2.05, 4.69) is 20.4 Å². The molecule has 2 heterocycles. The van der Waals surface area contributed by atoms with Crippen molar-refractivity contribution in [2.45, 2.75) is 30.5 Å². The van der Waals surface area contributed by atoms with E-state index in [1.54, 1.807) is 44.2 Å². The highest BCUT2D eigenvalue weighted by Crippen LogP contribution is 2.30. The molecule has 3 N–H and O–H groups in total. The lowest BCUT2D eigenvalue weighted by Crippen LogP contribution is -2.13. The third-order valence-electron chi connectivity index (χ3n) is 5.42. The lowest BCUT2D eigenvalue weighted by molar-refractivity contribution is 0.434. The molecule has 0 saturated carbocycles. The summed E-state index contributed by atoms with van der Waals surface area (Å²) in [4.78, 5) is 9.10. The van der Waals surface area contributed by atoms with Crippen molar-refractivity contribution in [2.24, 2.45) is 0 Å². The van der Waals surface area contributed by atoms with E-state index in [-0.39, 0.29) is 10.7 Å². The summed E-state index contributed by atoms with van der Waals surface area (Å²) in [6.07, 6.45) is 1.53. The number of hydrogen-bond acceptors (Lipinski definition) is 8. The maximum atomic E-state index is 12.4. The molecule has 34 heavy (non-hydrogen) atoms. The van der Waals surface area contributed by atoms with Crippen LogP contribution in [-0.4, -0.2) is 43.7 Å². The van der Waals surface area contributed by atoms with Crippen LogP contribution in [0.2, 0.25) is 0 Å². The number of benzene rings is 2. The summed E-state index contributed by atoms with van der Waals surface area (Å²) in [5.41, 5.74) is 10.5. The molecule has 0 spiro atoms. The summed E-state index contributed by atoms with van der Waals surface area (Å²) in [6.45, 7) is 4.01. The van der Waals surface area contributed by atoms with Crippen LogP contribution < -0.4 is 16.5 Å². The van der Waals surface area contributed by atoms with Crippen molar-refractivity contribution in [3.63, 3.8) is 0 Å². The number of anilines is 1. The van der Waals surface area contributed by atoms with Gasteiger partial charge in [-0.15, -0.1) is 0 Å². The lowest BCUT2D eigenvalue weighted by Gasteiger charge is -2.09. The van der Waals surface area contributed by atoms with Gasteiger partial charge < -0.3 is 15.6 Å². The van der Waals surface area contributed by atoms with Gasteiger partial charge in [-0.3, -0.25) is 0 Å². The summed E-state index contributed by atoms with van der Waals surface area (Å²) in [7, 11) is 4.73. The minimum Gasteiger partial charge on any atom is -0.382 e.